The van der Waals surface area contributed by atoms with Crippen molar-refractivity contribution in [1.29, 1.82) is 0 Å². The van der Waals surface area contributed by atoms with Crippen LogP contribution in [0.2, 0.25) is 0 Å². The monoisotopic (exact) mass is 361 g/mol. The summed E-state index contributed by atoms with van der Waals surface area (Å²) in [5.74, 6) is -0.603. The van der Waals surface area contributed by atoms with Gasteiger partial charge < -0.3 is 9.72 Å². The van der Waals surface area contributed by atoms with Gasteiger partial charge in [0.25, 0.3) is 5.91 Å². The number of aromatic amines is 1. The van der Waals surface area contributed by atoms with Crippen molar-refractivity contribution in [1.82, 2.24) is 10.4 Å². The van der Waals surface area contributed by atoms with E-state index in [0.717, 1.165) is 17.5 Å². The number of ether oxygens (including phenoxy) is 1. The molecule has 6 nitrogen and oxygen atoms in total. The van der Waals surface area contributed by atoms with E-state index in [1.54, 1.807) is 13.8 Å². The van der Waals surface area contributed by atoms with Crippen LogP contribution >= 0.6 is 11.3 Å². The number of aromatic nitrogens is 1. The van der Waals surface area contributed by atoms with E-state index in [2.05, 4.69) is 22.4 Å². The van der Waals surface area contributed by atoms with Gasteiger partial charge >= 0.3 is 5.97 Å². The van der Waals surface area contributed by atoms with Gasteiger partial charge in [-0.3, -0.25) is 4.79 Å². The molecule has 0 unspecified atom stereocenters. The highest BCUT2D eigenvalue weighted by molar-refractivity contribution is 7.14. The van der Waals surface area contributed by atoms with Gasteiger partial charge in [0, 0.05) is 10.6 Å². The zero-order chi connectivity index (χ0) is 18.6. The number of hydrogen-bond acceptors (Lipinski definition) is 5. The van der Waals surface area contributed by atoms with Gasteiger partial charge in [0.2, 0.25) is 0 Å². The Morgan fingerprint density at radius 1 is 1.32 bits per heavy atom. The van der Waals surface area contributed by atoms with Crippen LogP contribution in [0.5, 0.6) is 0 Å². The Kier molecular flexibility index (Phi) is 6.14. The predicted molar refractivity (Wildman–Crippen MR) is 99.7 cm³/mol. The topological polar surface area (TPSA) is 83.6 Å². The van der Waals surface area contributed by atoms with Crippen LogP contribution in [0.25, 0.3) is 0 Å². The molecule has 25 heavy (non-hydrogen) atoms. The highest BCUT2D eigenvalue weighted by Crippen LogP contribution is 2.22. The van der Waals surface area contributed by atoms with Crippen molar-refractivity contribution in [3.63, 3.8) is 0 Å². The van der Waals surface area contributed by atoms with Gasteiger partial charge in [0.15, 0.2) is 0 Å². The zero-order valence-corrected chi connectivity index (χ0v) is 16.0. The van der Waals surface area contributed by atoms with Gasteiger partial charge in [-0.25, -0.2) is 10.2 Å². The molecule has 0 aliphatic rings. The summed E-state index contributed by atoms with van der Waals surface area (Å²) in [6.45, 7) is 9.77. The lowest BCUT2D eigenvalue weighted by Gasteiger charge is -2.01. The molecule has 0 spiro atoms. The van der Waals surface area contributed by atoms with Gasteiger partial charge in [-0.15, -0.1) is 11.3 Å². The molecule has 1 amide bonds. The molecule has 2 aromatic heterocycles. The largest absolute Gasteiger partial charge is 0.462 e. The second-order valence-corrected chi connectivity index (χ2v) is 6.79. The van der Waals surface area contributed by atoms with E-state index in [0.29, 0.717) is 28.4 Å². The Hall–Kier alpha value is -2.41. The molecule has 0 bridgehead atoms. The predicted octanol–water partition coefficient (Wildman–Crippen LogP) is 3.50. The Morgan fingerprint density at radius 3 is 2.64 bits per heavy atom. The van der Waals surface area contributed by atoms with Crippen LogP contribution in [0.3, 0.4) is 0 Å². The minimum atomic E-state index is -0.362. The van der Waals surface area contributed by atoms with E-state index in [-0.39, 0.29) is 11.9 Å². The number of nitrogens with one attached hydrogen (secondary N) is 2. The van der Waals surface area contributed by atoms with Crippen LogP contribution in [0, 0.1) is 20.8 Å². The third-order valence-electron chi connectivity index (χ3n) is 3.88. The van der Waals surface area contributed by atoms with E-state index in [4.69, 9.17) is 4.74 Å². The number of carbonyl (C=O) groups is 2. The van der Waals surface area contributed by atoms with E-state index in [1.165, 1.54) is 22.4 Å². The molecular formula is C18H23N3O3S. The maximum atomic E-state index is 12.2. The molecular weight excluding hydrogens is 338 g/mol. The summed E-state index contributed by atoms with van der Waals surface area (Å²) < 4.78 is 5.06. The summed E-state index contributed by atoms with van der Waals surface area (Å²) in [7, 11) is 0. The van der Waals surface area contributed by atoms with Gasteiger partial charge in [0.1, 0.15) is 0 Å². The van der Waals surface area contributed by atoms with Gasteiger partial charge in [-0.05, 0) is 51.3 Å². The molecule has 0 saturated carbocycles. The molecule has 0 saturated heterocycles. The molecule has 0 atom stereocenters. The number of hydrazone groups is 1. The van der Waals surface area contributed by atoms with E-state index < -0.39 is 0 Å². The molecule has 0 fully saturated rings. The second-order valence-electron chi connectivity index (χ2n) is 5.65. The summed E-state index contributed by atoms with van der Waals surface area (Å²) in [5, 5.41) is 4.00. The Labute approximate surface area is 151 Å². The molecule has 7 heteroatoms. The number of hydrogen-bond donors (Lipinski definition) is 2. The second kappa shape index (κ2) is 8.11. The maximum absolute atomic E-state index is 12.2. The molecule has 0 aliphatic heterocycles. The highest BCUT2D eigenvalue weighted by Gasteiger charge is 2.18. The molecule has 134 valence electrons. The number of esters is 1. The average Bonchev–Trinajstić information content (AvgIpc) is 3.07. The van der Waals surface area contributed by atoms with Crippen LogP contribution in [0.1, 0.15) is 61.3 Å². The van der Waals surface area contributed by atoms with Crippen molar-refractivity contribution < 1.29 is 14.3 Å². The van der Waals surface area contributed by atoms with Gasteiger partial charge in [-0.2, -0.15) is 5.10 Å². The number of aryl methyl sites for hydroxylation is 3. The first-order valence-corrected chi connectivity index (χ1v) is 8.99. The molecule has 2 rings (SSSR count). The van der Waals surface area contributed by atoms with Crippen LogP contribution in [0.15, 0.2) is 11.2 Å². The molecule has 2 heterocycles. The maximum Gasteiger partial charge on any atom is 0.340 e. The number of rotatable bonds is 6. The minimum Gasteiger partial charge on any atom is -0.462 e. The highest BCUT2D eigenvalue weighted by atomic mass is 32.1. The van der Waals surface area contributed by atoms with Crippen LogP contribution < -0.4 is 5.43 Å². The lowest BCUT2D eigenvalue weighted by molar-refractivity contribution is 0.0525. The summed E-state index contributed by atoms with van der Waals surface area (Å²) >= 11 is 1.48. The van der Waals surface area contributed by atoms with Crippen LogP contribution in [-0.2, 0) is 11.2 Å². The minimum absolute atomic E-state index is 0.240. The van der Waals surface area contributed by atoms with Crippen molar-refractivity contribution >= 4 is 29.4 Å². The van der Waals surface area contributed by atoms with Crippen molar-refractivity contribution in [2.45, 2.75) is 41.0 Å². The fraction of sp³-hybridized carbons (Fsp3) is 0.389. The van der Waals surface area contributed by atoms with Crippen molar-refractivity contribution in [2.75, 3.05) is 6.61 Å². The molecule has 2 aromatic rings. The number of H-pyrrole nitrogens is 1. The lowest BCUT2D eigenvalue weighted by atomic mass is 10.1. The number of amides is 1. The molecule has 0 aliphatic carbocycles. The first-order chi connectivity index (χ1) is 11.9. The summed E-state index contributed by atoms with van der Waals surface area (Å²) in [6, 6.07) is 1.87. The Balaban J connectivity index is 2.10. The van der Waals surface area contributed by atoms with Crippen LogP contribution in [-0.4, -0.2) is 29.7 Å². The van der Waals surface area contributed by atoms with Crippen LogP contribution in [0.4, 0.5) is 0 Å². The van der Waals surface area contributed by atoms with Crippen molar-refractivity contribution in [3.8, 4) is 0 Å². The quantitative estimate of drug-likeness (QED) is 0.469. The van der Waals surface area contributed by atoms with Crippen molar-refractivity contribution in [3.05, 3.63) is 43.9 Å². The SMILES string of the molecule is CCOC(=O)c1c(C)[nH]c(/C=N/NC(=O)c2cc(C)c(CC)s2)c1C. The third kappa shape index (κ3) is 4.17. The van der Waals surface area contributed by atoms with E-state index >= 15 is 0 Å². The average molecular weight is 361 g/mol. The van der Waals surface area contributed by atoms with E-state index in [1.807, 2.05) is 19.9 Å². The Morgan fingerprint density at radius 2 is 2.04 bits per heavy atom. The van der Waals surface area contributed by atoms with Crippen molar-refractivity contribution in [2.24, 2.45) is 5.10 Å². The summed E-state index contributed by atoms with van der Waals surface area (Å²) in [5.41, 5.74) is 6.28. The first-order valence-electron chi connectivity index (χ1n) is 8.17. The fourth-order valence-corrected chi connectivity index (χ4v) is 3.61. The number of nitrogens with zero attached hydrogens (tertiary/aromatic N) is 1. The molecule has 0 aromatic carbocycles. The van der Waals surface area contributed by atoms with Gasteiger partial charge in [0.05, 0.1) is 29.0 Å². The summed E-state index contributed by atoms with van der Waals surface area (Å²) in [6.07, 6.45) is 2.41. The fourth-order valence-electron chi connectivity index (χ4n) is 2.61. The lowest BCUT2D eigenvalue weighted by Crippen LogP contribution is -2.16. The van der Waals surface area contributed by atoms with E-state index in [9.17, 15) is 9.59 Å². The van der Waals surface area contributed by atoms with Gasteiger partial charge in [-0.1, -0.05) is 6.92 Å². The standard InChI is InChI=1S/C18H23N3O3S/c1-6-14-10(3)8-15(25-14)17(22)21-19-9-13-11(4)16(12(5)20-13)18(23)24-7-2/h8-9,20H,6-7H2,1-5H3,(H,21,22)/b19-9+. The Bertz CT molecular complexity index is 818. The third-order valence-corrected chi connectivity index (χ3v) is 5.26. The smallest absolute Gasteiger partial charge is 0.340 e. The zero-order valence-electron chi connectivity index (χ0n) is 15.1. The molecule has 2 N–H and O–H groups in total. The number of carbonyl (C=O) groups excluding carboxylic acids is 2. The molecule has 0 radical (unpaired) electrons. The summed E-state index contributed by atoms with van der Waals surface area (Å²) in [4.78, 5) is 29.1. The normalized spacial score (nSPS) is 11.1. The number of thiophene rings is 1. The first kappa shape index (κ1) is 18.9.